The predicted molar refractivity (Wildman–Crippen MR) is 76.5 cm³/mol. The van der Waals surface area contributed by atoms with Gasteiger partial charge in [-0.25, -0.2) is 9.97 Å². The zero-order valence-electron chi connectivity index (χ0n) is 11.7. The number of hydrogen-bond donors (Lipinski definition) is 0. The standard InChI is InChI=1S/C14H21N5/c1-12(2)17-6-3-7-18(11-10-17)13-14-16-5-9-19(14)8-4-15-13/h4-5,8-9,12H,3,6-7,10-11H2,1-2H3. The van der Waals surface area contributed by atoms with Crippen LogP contribution in [-0.4, -0.2) is 51.5 Å². The van der Waals surface area contributed by atoms with Crippen LogP contribution in [0.5, 0.6) is 0 Å². The van der Waals surface area contributed by atoms with Crippen LogP contribution in [-0.2, 0) is 0 Å². The van der Waals surface area contributed by atoms with E-state index in [-0.39, 0.29) is 0 Å². The van der Waals surface area contributed by atoms with E-state index in [2.05, 4.69) is 33.6 Å². The monoisotopic (exact) mass is 259 g/mol. The summed E-state index contributed by atoms with van der Waals surface area (Å²) in [6.45, 7) is 8.89. The molecule has 0 atom stereocenters. The summed E-state index contributed by atoms with van der Waals surface area (Å²) in [6, 6.07) is 0.620. The molecule has 1 fully saturated rings. The van der Waals surface area contributed by atoms with Crippen molar-refractivity contribution in [3.63, 3.8) is 0 Å². The maximum Gasteiger partial charge on any atom is 0.180 e. The molecule has 1 aliphatic rings. The zero-order valence-corrected chi connectivity index (χ0v) is 11.7. The average Bonchev–Trinajstić information content (AvgIpc) is 2.74. The van der Waals surface area contributed by atoms with Crippen LogP contribution in [0.3, 0.4) is 0 Å². The quantitative estimate of drug-likeness (QED) is 0.822. The molecule has 0 spiro atoms. The Morgan fingerprint density at radius 1 is 1.00 bits per heavy atom. The van der Waals surface area contributed by atoms with Gasteiger partial charge < -0.3 is 9.30 Å². The van der Waals surface area contributed by atoms with Gasteiger partial charge >= 0.3 is 0 Å². The molecule has 3 heterocycles. The van der Waals surface area contributed by atoms with Gasteiger partial charge in [0.1, 0.15) is 0 Å². The number of nitrogens with zero attached hydrogens (tertiary/aromatic N) is 5. The molecule has 0 amide bonds. The van der Waals surface area contributed by atoms with Crippen molar-refractivity contribution in [2.45, 2.75) is 26.3 Å². The van der Waals surface area contributed by atoms with Crippen LogP contribution >= 0.6 is 0 Å². The van der Waals surface area contributed by atoms with Gasteiger partial charge in [-0.15, -0.1) is 0 Å². The lowest BCUT2D eigenvalue weighted by Crippen LogP contribution is -2.35. The smallest absolute Gasteiger partial charge is 0.180 e. The number of hydrogen-bond acceptors (Lipinski definition) is 4. The average molecular weight is 259 g/mol. The third-order valence-electron chi connectivity index (χ3n) is 3.85. The van der Waals surface area contributed by atoms with Crippen LogP contribution in [0.2, 0.25) is 0 Å². The Morgan fingerprint density at radius 2 is 1.79 bits per heavy atom. The van der Waals surface area contributed by atoms with Crippen LogP contribution in [0.25, 0.3) is 5.65 Å². The summed E-state index contributed by atoms with van der Waals surface area (Å²) >= 11 is 0. The van der Waals surface area contributed by atoms with Gasteiger partial charge in [0.25, 0.3) is 0 Å². The minimum Gasteiger partial charge on any atom is -0.352 e. The molecule has 3 rings (SSSR count). The predicted octanol–water partition coefficient (Wildman–Crippen LogP) is 1.65. The largest absolute Gasteiger partial charge is 0.352 e. The number of rotatable bonds is 2. The SMILES string of the molecule is CC(C)N1CCCN(c2nccn3ccnc23)CC1. The maximum absolute atomic E-state index is 4.54. The molecule has 2 aromatic rings. The van der Waals surface area contributed by atoms with Crippen LogP contribution < -0.4 is 4.90 Å². The first kappa shape index (κ1) is 12.4. The molecule has 0 bridgehead atoms. The summed E-state index contributed by atoms with van der Waals surface area (Å²) < 4.78 is 2.04. The summed E-state index contributed by atoms with van der Waals surface area (Å²) in [5, 5.41) is 0. The molecule has 0 radical (unpaired) electrons. The fourth-order valence-electron chi connectivity index (χ4n) is 2.73. The first-order chi connectivity index (χ1) is 9.25. The van der Waals surface area contributed by atoms with Crippen molar-refractivity contribution in [2.24, 2.45) is 0 Å². The molecular weight excluding hydrogens is 238 g/mol. The van der Waals surface area contributed by atoms with Crippen molar-refractivity contribution in [3.05, 3.63) is 24.8 Å². The van der Waals surface area contributed by atoms with Gasteiger partial charge in [0.05, 0.1) is 0 Å². The van der Waals surface area contributed by atoms with Crippen LogP contribution in [0.4, 0.5) is 5.82 Å². The van der Waals surface area contributed by atoms with Gasteiger partial charge in [0.2, 0.25) is 0 Å². The molecule has 0 N–H and O–H groups in total. The maximum atomic E-state index is 4.54. The third-order valence-corrected chi connectivity index (χ3v) is 3.85. The summed E-state index contributed by atoms with van der Waals surface area (Å²) in [5.74, 6) is 1.01. The van der Waals surface area contributed by atoms with Gasteiger partial charge in [0.15, 0.2) is 11.5 Å². The number of aromatic nitrogens is 3. The molecule has 1 aliphatic heterocycles. The second-order valence-corrected chi connectivity index (χ2v) is 5.38. The summed E-state index contributed by atoms with van der Waals surface area (Å²) in [4.78, 5) is 13.9. The zero-order chi connectivity index (χ0) is 13.2. The second kappa shape index (κ2) is 5.17. The highest BCUT2D eigenvalue weighted by atomic mass is 15.3. The van der Waals surface area contributed by atoms with E-state index in [4.69, 9.17) is 0 Å². The van der Waals surface area contributed by atoms with Crippen LogP contribution in [0.1, 0.15) is 20.3 Å². The van der Waals surface area contributed by atoms with Crippen molar-refractivity contribution in [3.8, 4) is 0 Å². The van der Waals surface area contributed by atoms with Crippen molar-refractivity contribution in [1.82, 2.24) is 19.3 Å². The second-order valence-electron chi connectivity index (χ2n) is 5.38. The van der Waals surface area contributed by atoms with Crippen molar-refractivity contribution in [2.75, 3.05) is 31.1 Å². The Labute approximate surface area is 113 Å². The van der Waals surface area contributed by atoms with Gasteiger partial charge in [0, 0.05) is 57.0 Å². The molecule has 19 heavy (non-hydrogen) atoms. The molecule has 5 heteroatoms. The lowest BCUT2D eigenvalue weighted by molar-refractivity contribution is 0.238. The van der Waals surface area contributed by atoms with E-state index in [1.165, 1.54) is 13.0 Å². The number of anilines is 1. The highest BCUT2D eigenvalue weighted by Crippen LogP contribution is 2.19. The minimum absolute atomic E-state index is 0.620. The van der Waals surface area contributed by atoms with Crippen molar-refractivity contribution >= 4 is 11.5 Å². The molecule has 0 aliphatic carbocycles. The Morgan fingerprint density at radius 3 is 2.58 bits per heavy atom. The highest BCUT2D eigenvalue weighted by molar-refractivity contribution is 5.63. The molecule has 0 saturated carbocycles. The molecule has 1 saturated heterocycles. The van der Waals surface area contributed by atoms with Gasteiger partial charge in [-0.2, -0.15) is 0 Å². The Bertz CT molecular complexity index is 548. The van der Waals surface area contributed by atoms with Crippen molar-refractivity contribution < 1.29 is 0 Å². The fourth-order valence-corrected chi connectivity index (χ4v) is 2.73. The van der Waals surface area contributed by atoms with E-state index in [9.17, 15) is 0 Å². The first-order valence-electron chi connectivity index (χ1n) is 7.02. The van der Waals surface area contributed by atoms with E-state index in [1.807, 2.05) is 29.2 Å². The highest BCUT2D eigenvalue weighted by Gasteiger charge is 2.19. The lowest BCUT2D eigenvalue weighted by Gasteiger charge is -2.25. The molecular formula is C14H21N5. The van der Waals surface area contributed by atoms with Gasteiger partial charge in [-0.3, -0.25) is 4.90 Å². The Kier molecular flexibility index (Phi) is 3.38. The van der Waals surface area contributed by atoms with Crippen LogP contribution in [0, 0.1) is 0 Å². The topological polar surface area (TPSA) is 36.7 Å². The first-order valence-corrected chi connectivity index (χ1v) is 7.02. The summed E-state index contributed by atoms with van der Waals surface area (Å²) in [5.41, 5.74) is 0.959. The molecule has 102 valence electrons. The minimum atomic E-state index is 0.620. The normalized spacial score (nSPS) is 18.2. The van der Waals surface area contributed by atoms with E-state index >= 15 is 0 Å². The third kappa shape index (κ3) is 2.42. The molecule has 5 nitrogen and oxygen atoms in total. The summed E-state index contributed by atoms with van der Waals surface area (Å²) in [7, 11) is 0. The van der Waals surface area contributed by atoms with Gasteiger partial charge in [-0.05, 0) is 20.3 Å². The van der Waals surface area contributed by atoms with E-state index in [0.717, 1.165) is 31.1 Å². The van der Waals surface area contributed by atoms with Gasteiger partial charge in [-0.1, -0.05) is 0 Å². The molecule has 2 aromatic heterocycles. The van der Waals surface area contributed by atoms with E-state index in [0.29, 0.717) is 6.04 Å². The number of fused-ring (bicyclic) bond motifs is 1. The van der Waals surface area contributed by atoms with E-state index in [1.54, 1.807) is 0 Å². The lowest BCUT2D eigenvalue weighted by atomic mass is 10.3. The molecule has 0 aromatic carbocycles. The van der Waals surface area contributed by atoms with E-state index < -0.39 is 0 Å². The van der Waals surface area contributed by atoms with Crippen LogP contribution in [0.15, 0.2) is 24.8 Å². The fraction of sp³-hybridized carbons (Fsp3) is 0.571. The summed E-state index contributed by atoms with van der Waals surface area (Å²) in [6.07, 6.45) is 8.79. The number of imidazole rings is 1. The molecule has 0 unspecified atom stereocenters. The Balaban J connectivity index is 1.84. The van der Waals surface area contributed by atoms with Crippen molar-refractivity contribution in [1.29, 1.82) is 0 Å². The Hall–Kier alpha value is -1.62.